The van der Waals surface area contributed by atoms with Crippen molar-refractivity contribution in [3.8, 4) is 5.75 Å². The molecule has 0 aliphatic rings. The van der Waals surface area contributed by atoms with Gasteiger partial charge < -0.3 is 4.74 Å². The number of aromatic nitrogens is 1. The van der Waals surface area contributed by atoms with Gasteiger partial charge in [-0.2, -0.15) is 0 Å². The molecule has 0 aliphatic carbocycles. The number of anilines is 1. The number of carbonyl (C=O) groups is 1. The minimum Gasteiger partial charge on any atom is -0.425 e. The fourth-order valence-electron chi connectivity index (χ4n) is 2.67. The molecule has 0 unspecified atom stereocenters. The van der Waals surface area contributed by atoms with Crippen LogP contribution >= 0.6 is 0 Å². The number of hydrogen-bond acceptors (Lipinski definition) is 5. The Bertz CT molecular complexity index is 895. The van der Waals surface area contributed by atoms with Gasteiger partial charge in [0.2, 0.25) is 10.0 Å². The molecule has 1 aromatic carbocycles. The molecular weight excluding hydrogens is 364 g/mol. The molecule has 1 aromatic heterocycles. The first kappa shape index (κ1) is 20.9. The van der Waals surface area contributed by atoms with Gasteiger partial charge in [-0.25, -0.2) is 13.4 Å². The second-order valence-corrected chi connectivity index (χ2v) is 8.80. The summed E-state index contributed by atoms with van der Waals surface area (Å²) in [5, 5.41) is 0. The SMILES string of the molecule is Cc1cccnc1NS(=O)(=O)CC(=O)Oc1c(C(C)C)cccc1C(C)C. The molecule has 1 N–H and O–H groups in total. The van der Waals surface area contributed by atoms with Crippen LogP contribution < -0.4 is 9.46 Å². The van der Waals surface area contributed by atoms with Crippen LogP contribution in [0, 0.1) is 6.92 Å². The van der Waals surface area contributed by atoms with E-state index in [1.165, 1.54) is 6.20 Å². The van der Waals surface area contributed by atoms with Crippen LogP contribution in [0.1, 0.15) is 56.2 Å². The summed E-state index contributed by atoms with van der Waals surface area (Å²) >= 11 is 0. The minimum absolute atomic E-state index is 0.136. The Hall–Kier alpha value is -2.41. The minimum atomic E-state index is -3.93. The number of para-hydroxylation sites is 1. The van der Waals surface area contributed by atoms with Crippen molar-refractivity contribution in [3.05, 3.63) is 53.2 Å². The number of nitrogens with one attached hydrogen (secondary N) is 1. The quantitative estimate of drug-likeness (QED) is 0.571. The lowest BCUT2D eigenvalue weighted by molar-refractivity contribution is -0.131. The smallest absolute Gasteiger partial charge is 0.328 e. The summed E-state index contributed by atoms with van der Waals surface area (Å²) in [5.74, 6) is -0.680. The molecule has 6 nitrogen and oxygen atoms in total. The maximum atomic E-state index is 12.4. The van der Waals surface area contributed by atoms with Gasteiger partial charge in [0, 0.05) is 6.20 Å². The van der Waals surface area contributed by atoms with E-state index in [0.29, 0.717) is 11.3 Å². The number of benzene rings is 1. The molecule has 0 bridgehead atoms. The van der Waals surface area contributed by atoms with Crippen molar-refractivity contribution in [2.24, 2.45) is 0 Å². The fourth-order valence-corrected chi connectivity index (χ4v) is 3.62. The van der Waals surface area contributed by atoms with E-state index in [2.05, 4.69) is 9.71 Å². The Balaban J connectivity index is 2.21. The second-order valence-electron chi connectivity index (χ2n) is 7.08. The summed E-state index contributed by atoms with van der Waals surface area (Å²) in [6.45, 7) is 9.73. The zero-order valence-electron chi connectivity index (χ0n) is 16.3. The number of nitrogens with zero attached hydrogens (tertiary/aromatic N) is 1. The molecule has 0 fully saturated rings. The third-order valence-electron chi connectivity index (χ3n) is 4.11. The second kappa shape index (κ2) is 8.52. The number of carbonyl (C=O) groups excluding carboxylic acids is 1. The van der Waals surface area contributed by atoms with Crippen LogP contribution in [-0.4, -0.2) is 25.1 Å². The molecule has 27 heavy (non-hydrogen) atoms. The maximum Gasteiger partial charge on any atom is 0.328 e. The average molecular weight is 391 g/mol. The summed E-state index contributed by atoms with van der Waals surface area (Å²) in [5.41, 5.74) is 2.42. The lowest BCUT2D eigenvalue weighted by atomic mass is 9.94. The van der Waals surface area contributed by atoms with E-state index in [9.17, 15) is 13.2 Å². The predicted octanol–water partition coefficient (Wildman–Crippen LogP) is 3.98. The maximum absolute atomic E-state index is 12.4. The van der Waals surface area contributed by atoms with Crippen LogP contribution in [-0.2, 0) is 14.8 Å². The number of ether oxygens (including phenoxy) is 1. The fraction of sp³-hybridized carbons (Fsp3) is 0.400. The summed E-state index contributed by atoms with van der Waals surface area (Å²) < 4.78 is 32.5. The highest BCUT2D eigenvalue weighted by Gasteiger charge is 2.23. The van der Waals surface area contributed by atoms with E-state index in [1.54, 1.807) is 19.1 Å². The van der Waals surface area contributed by atoms with Gasteiger partial charge in [-0.15, -0.1) is 0 Å². The Morgan fingerprint density at radius 3 is 2.19 bits per heavy atom. The largest absolute Gasteiger partial charge is 0.425 e. The first-order valence-electron chi connectivity index (χ1n) is 8.86. The lowest BCUT2D eigenvalue weighted by Crippen LogP contribution is -2.27. The van der Waals surface area contributed by atoms with Crippen molar-refractivity contribution in [1.29, 1.82) is 0 Å². The predicted molar refractivity (Wildman–Crippen MR) is 107 cm³/mol. The molecule has 0 saturated heterocycles. The lowest BCUT2D eigenvalue weighted by Gasteiger charge is -2.19. The van der Waals surface area contributed by atoms with Gasteiger partial charge in [-0.3, -0.25) is 9.52 Å². The summed E-state index contributed by atoms with van der Waals surface area (Å²) in [6, 6.07) is 9.14. The third kappa shape index (κ3) is 5.53. The highest BCUT2D eigenvalue weighted by atomic mass is 32.2. The molecule has 0 atom stereocenters. The zero-order valence-corrected chi connectivity index (χ0v) is 17.1. The van der Waals surface area contributed by atoms with Crippen LogP contribution in [0.3, 0.4) is 0 Å². The molecular formula is C20H26N2O4S. The van der Waals surface area contributed by atoms with Crippen molar-refractivity contribution in [1.82, 2.24) is 4.98 Å². The van der Waals surface area contributed by atoms with Gasteiger partial charge >= 0.3 is 5.97 Å². The van der Waals surface area contributed by atoms with Gasteiger partial charge in [0.1, 0.15) is 11.6 Å². The van der Waals surface area contributed by atoms with Gasteiger partial charge in [-0.05, 0) is 41.5 Å². The van der Waals surface area contributed by atoms with Crippen LogP contribution in [0.15, 0.2) is 36.5 Å². The molecule has 0 radical (unpaired) electrons. The Morgan fingerprint density at radius 1 is 1.07 bits per heavy atom. The average Bonchev–Trinajstić information content (AvgIpc) is 2.55. The molecule has 0 spiro atoms. The Kier molecular flexibility index (Phi) is 6.59. The van der Waals surface area contributed by atoms with Gasteiger partial charge in [-0.1, -0.05) is 52.0 Å². The van der Waals surface area contributed by atoms with E-state index >= 15 is 0 Å². The van der Waals surface area contributed by atoms with Crippen LogP contribution in [0.4, 0.5) is 5.82 Å². The third-order valence-corrected chi connectivity index (χ3v) is 5.23. The standard InChI is InChI=1S/C20H26N2O4S/c1-13(2)16-9-6-10-17(14(3)4)19(16)26-18(23)12-27(24,25)22-20-15(5)8-7-11-21-20/h6-11,13-14H,12H2,1-5H3,(H,21,22). The zero-order chi connectivity index (χ0) is 20.2. The van der Waals surface area contributed by atoms with E-state index in [1.807, 2.05) is 45.9 Å². The van der Waals surface area contributed by atoms with E-state index in [4.69, 9.17) is 4.74 Å². The molecule has 1 heterocycles. The van der Waals surface area contributed by atoms with Crippen LogP contribution in [0.2, 0.25) is 0 Å². The van der Waals surface area contributed by atoms with Crippen molar-refractivity contribution in [2.45, 2.75) is 46.5 Å². The highest BCUT2D eigenvalue weighted by Crippen LogP contribution is 2.34. The van der Waals surface area contributed by atoms with Gasteiger partial charge in [0.25, 0.3) is 0 Å². The topological polar surface area (TPSA) is 85.4 Å². The van der Waals surface area contributed by atoms with Crippen molar-refractivity contribution >= 4 is 21.8 Å². The normalized spacial score (nSPS) is 11.7. The number of pyridine rings is 1. The molecule has 0 saturated carbocycles. The Labute approximate surface area is 161 Å². The number of esters is 1. The van der Waals surface area contributed by atoms with Crippen molar-refractivity contribution in [2.75, 3.05) is 10.5 Å². The highest BCUT2D eigenvalue weighted by molar-refractivity contribution is 7.93. The first-order chi connectivity index (χ1) is 12.6. The molecule has 0 amide bonds. The van der Waals surface area contributed by atoms with E-state index in [0.717, 1.165) is 11.1 Å². The number of hydrogen-bond donors (Lipinski definition) is 1. The summed E-state index contributed by atoms with van der Waals surface area (Å²) in [7, 11) is -3.93. The van der Waals surface area contributed by atoms with Crippen LogP contribution in [0.5, 0.6) is 5.75 Å². The van der Waals surface area contributed by atoms with E-state index < -0.39 is 21.7 Å². The molecule has 2 rings (SSSR count). The van der Waals surface area contributed by atoms with Crippen molar-refractivity contribution < 1.29 is 17.9 Å². The molecule has 0 aliphatic heterocycles. The summed E-state index contributed by atoms with van der Waals surface area (Å²) in [4.78, 5) is 16.4. The van der Waals surface area contributed by atoms with Gasteiger partial charge in [0.05, 0.1) is 0 Å². The van der Waals surface area contributed by atoms with Gasteiger partial charge in [0.15, 0.2) is 5.75 Å². The molecule has 7 heteroatoms. The van der Waals surface area contributed by atoms with Crippen molar-refractivity contribution in [3.63, 3.8) is 0 Å². The van der Waals surface area contributed by atoms with E-state index in [-0.39, 0.29) is 17.7 Å². The number of sulfonamides is 1. The summed E-state index contributed by atoms with van der Waals surface area (Å²) in [6.07, 6.45) is 1.48. The first-order valence-corrected chi connectivity index (χ1v) is 10.5. The number of aryl methyl sites for hydroxylation is 1. The molecule has 146 valence electrons. The monoisotopic (exact) mass is 390 g/mol. The van der Waals surface area contributed by atoms with Crippen LogP contribution in [0.25, 0.3) is 0 Å². The molecule has 2 aromatic rings. The Morgan fingerprint density at radius 2 is 1.67 bits per heavy atom. The number of rotatable bonds is 7.